The fourth-order valence-electron chi connectivity index (χ4n) is 12.0. The lowest BCUT2D eigenvalue weighted by atomic mass is 9.71. The summed E-state index contributed by atoms with van der Waals surface area (Å²) in [7, 11) is 1.30. The van der Waals surface area contributed by atoms with E-state index in [1.807, 2.05) is 48.5 Å². The first-order valence-corrected chi connectivity index (χ1v) is 28.4. The van der Waals surface area contributed by atoms with Crippen LogP contribution in [-0.2, 0) is 34.9 Å². The van der Waals surface area contributed by atoms with Crippen molar-refractivity contribution in [1.29, 1.82) is 0 Å². The van der Waals surface area contributed by atoms with Crippen molar-refractivity contribution in [2.24, 2.45) is 0 Å². The van der Waals surface area contributed by atoms with Gasteiger partial charge in [0.15, 0.2) is 18.7 Å². The summed E-state index contributed by atoms with van der Waals surface area (Å²) < 4.78 is 49.4. The minimum Gasteiger partial charge on any atom is -0.496 e. The van der Waals surface area contributed by atoms with Crippen LogP contribution in [0.15, 0.2) is 188 Å². The minimum atomic E-state index is -2.65. The van der Waals surface area contributed by atoms with Gasteiger partial charge < -0.3 is 48.3 Å². The fraction of sp³-hybridized carbons (Fsp3) is 0.200. The molecule has 1 heterocycles. The van der Waals surface area contributed by atoms with Gasteiger partial charge in [0.2, 0.25) is 11.6 Å². The Hall–Kier alpha value is -10.4. The molecule has 0 saturated carbocycles. The molecular weight excluding hydrogens is 1130 g/mol. The van der Waals surface area contributed by atoms with E-state index in [1.54, 1.807) is 91.9 Å². The number of rotatable bonds is 16. The number of carbonyl (C=O) groups excluding carboxylic acids is 8. The third kappa shape index (κ3) is 11.2. The Morgan fingerprint density at radius 2 is 1.09 bits per heavy atom. The molecule has 1 saturated heterocycles. The average Bonchev–Trinajstić information content (AvgIpc) is 0.884. The molecule has 442 valence electrons. The molecule has 3 aliphatic carbocycles. The highest BCUT2D eigenvalue weighted by Gasteiger charge is 2.53. The number of aliphatic hydroxyl groups is 1. The molecule has 6 atom stereocenters. The maximum absolute atomic E-state index is 15.6. The molecule has 18 nitrogen and oxygen atoms in total. The largest absolute Gasteiger partial charge is 0.496 e. The summed E-state index contributed by atoms with van der Waals surface area (Å²) in [6, 6.07) is 50.1. The number of hydrogen-bond acceptors (Lipinski definition) is 17. The van der Waals surface area contributed by atoms with Gasteiger partial charge in [0.1, 0.15) is 35.6 Å². The number of hydrogen-bond donors (Lipinski definition) is 2. The van der Waals surface area contributed by atoms with E-state index in [4.69, 9.17) is 37.9 Å². The molecule has 1 aliphatic heterocycles. The maximum atomic E-state index is 15.6. The Labute approximate surface area is 503 Å². The van der Waals surface area contributed by atoms with Crippen LogP contribution >= 0.6 is 0 Å². The number of methoxy groups -OCH3 is 1. The standard InChI is InChI=1S/C70H55NO17/c1-39-62(86-66(76)41-22-9-4-10-23-41)51(71-69(79)83-37-50-46-30-17-15-28-44(46)45-29-16-18-31-47(45)50)34-55(84-39)85-53-36-70(80,54(72)38-82-65(75)40-20-7-3-8-21-40)35-49-57(53)64(88-68(78)43-26-13-6-14-27-43)59-58(63(49)87-67(77)42-24-11-5-12-25-42)60(73)48-32-19-33-52(81-2)56(48)61(59)74/h3-33,39,50-51,53,55,62,80H,34-38H2,1-2H3,(H,71,79)/t39-,51-,53+,55+,62+,70+/m1/s1. The van der Waals surface area contributed by atoms with Crippen molar-refractivity contribution in [3.63, 3.8) is 0 Å². The topological polar surface area (TPSA) is 243 Å². The lowest BCUT2D eigenvalue weighted by Crippen LogP contribution is -2.57. The van der Waals surface area contributed by atoms with Crippen LogP contribution in [0.25, 0.3) is 11.1 Å². The van der Waals surface area contributed by atoms with E-state index >= 15 is 9.59 Å². The summed E-state index contributed by atoms with van der Waals surface area (Å²) in [5.41, 5.74) is -0.464. The van der Waals surface area contributed by atoms with Gasteiger partial charge in [-0.05, 0) is 83.8 Å². The molecule has 0 unspecified atom stereocenters. The zero-order valence-electron chi connectivity index (χ0n) is 47.4. The molecule has 12 rings (SSSR count). The summed E-state index contributed by atoms with van der Waals surface area (Å²) in [6.45, 7) is 0.484. The second-order valence-corrected chi connectivity index (χ2v) is 21.6. The Balaban J connectivity index is 0.978. The zero-order chi connectivity index (χ0) is 61.2. The van der Waals surface area contributed by atoms with Crippen LogP contribution in [0.4, 0.5) is 4.79 Å². The van der Waals surface area contributed by atoms with Crippen molar-refractivity contribution in [1.82, 2.24) is 5.32 Å². The van der Waals surface area contributed by atoms with Crippen molar-refractivity contribution >= 4 is 47.3 Å². The molecule has 0 radical (unpaired) electrons. The molecule has 4 aliphatic rings. The normalized spacial score (nSPS) is 19.7. The number of alkyl carbamates (subject to hydrolysis) is 1. The van der Waals surface area contributed by atoms with Gasteiger partial charge in [-0.1, -0.05) is 133 Å². The van der Waals surface area contributed by atoms with E-state index in [1.165, 1.54) is 61.7 Å². The zero-order valence-corrected chi connectivity index (χ0v) is 47.4. The predicted molar refractivity (Wildman–Crippen MR) is 315 cm³/mol. The van der Waals surface area contributed by atoms with Crippen molar-refractivity contribution in [2.75, 3.05) is 20.3 Å². The van der Waals surface area contributed by atoms with Crippen molar-refractivity contribution in [2.45, 2.75) is 68.3 Å². The molecule has 8 aromatic carbocycles. The van der Waals surface area contributed by atoms with Gasteiger partial charge >= 0.3 is 30.0 Å². The summed E-state index contributed by atoms with van der Waals surface area (Å²) in [5, 5.41) is 16.0. The van der Waals surface area contributed by atoms with Crippen LogP contribution in [0.3, 0.4) is 0 Å². The van der Waals surface area contributed by atoms with Crippen LogP contribution in [-0.4, -0.2) is 103 Å². The minimum absolute atomic E-state index is 0.0000201. The number of fused-ring (bicyclic) bond motifs is 6. The van der Waals surface area contributed by atoms with Crippen molar-refractivity contribution in [3.05, 3.63) is 255 Å². The second kappa shape index (κ2) is 24.5. The van der Waals surface area contributed by atoms with E-state index in [9.17, 15) is 33.9 Å². The molecule has 2 N–H and O–H groups in total. The number of ether oxygens (including phenoxy) is 8. The van der Waals surface area contributed by atoms with Gasteiger partial charge in [0.25, 0.3) is 0 Å². The van der Waals surface area contributed by atoms with E-state index < -0.39 is 126 Å². The number of benzene rings is 8. The van der Waals surface area contributed by atoms with Crippen LogP contribution in [0, 0.1) is 0 Å². The number of nitrogens with one attached hydrogen (secondary N) is 1. The molecule has 0 spiro atoms. The number of Topliss-reactive ketones (excluding diaryl/α,β-unsaturated/α-hetero) is 1. The van der Waals surface area contributed by atoms with Crippen molar-refractivity contribution in [3.8, 4) is 28.4 Å². The highest BCUT2D eigenvalue weighted by molar-refractivity contribution is 6.32. The Kier molecular flexibility index (Phi) is 16.2. The van der Waals surface area contributed by atoms with Gasteiger partial charge in [-0.25, -0.2) is 24.0 Å². The number of amides is 1. The second-order valence-electron chi connectivity index (χ2n) is 21.6. The van der Waals surface area contributed by atoms with Gasteiger partial charge in [0, 0.05) is 41.9 Å². The molecule has 18 heteroatoms. The van der Waals surface area contributed by atoms with Crippen molar-refractivity contribution < 1.29 is 81.4 Å². The fourth-order valence-corrected chi connectivity index (χ4v) is 12.0. The number of esters is 4. The molecule has 1 fully saturated rings. The predicted octanol–water partition coefficient (Wildman–Crippen LogP) is 10.3. The van der Waals surface area contributed by atoms with Gasteiger partial charge in [-0.15, -0.1) is 0 Å². The highest BCUT2D eigenvalue weighted by atomic mass is 16.7. The molecule has 1 amide bonds. The Morgan fingerprint density at radius 3 is 1.67 bits per heavy atom. The summed E-state index contributed by atoms with van der Waals surface area (Å²) >= 11 is 0. The number of carbonyl (C=O) groups is 8. The van der Waals surface area contributed by atoms with E-state index in [2.05, 4.69) is 5.32 Å². The summed E-state index contributed by atoms with van der Waals surface area (Å²) in [4.78, 5) is 117. The molecule has 8 aromatic rings. The van der Waals surface area contributed by atoms with Crippen LogP contribution in [0.2, 0.25) is 0 Å². The van der Waals surface area contributed by atoms with Gasteiger partial charge in [-0.3, -0.25) is 14.4 Å². The third-order valence-corrected chi connectivity index (χ3v) is 16.2. The summed E-state index contributed by atoms with van der Waals surface area (Å²) in [5.74, 6) is -8.08. The lowest BCUT2D eigenvalue weighted by Gasteiger charge is -2.44. The van der Waals surface area contributed by atoms with Gasteiger partial charge in [0.05, 0.1) is 64.3 Å². The Bertz CT molecular complexity index is 4030. The van der Waals surface area contributed by atoms with E-state index in [0.29, 0.717) is 0 Å². The summed E-state index contributed by atoms with van der Waals surface area (Å²) in [6.07, 6.45) is -8.39. The molecule has 88 heavy (non-hydrogen) atoms. The first-order valence-electron chi connectivity index (χ1n) is 28.4. The molecule has 0 aromatic heterocycles. The number of ketones is 3. The van der Waals surface area contributed by atoms with E-state index in [0.717, 1.165) is 22.3 Å². The lowest BCUT2D eigenvalue weighted by molar-refractivity contribution is -0.249. The third-order valence-electron chi connectivity index (χ3n) is 16.2. The van der Waals surface area contributed by atoms with E-state index in [-0.39, 0.29) is 69.2 Å². The average molecular weight is 1180 g/mol. The quantitative estimate of drug-likeness (QED) is 0.0519. The smallest absolute Gasteiger partial charge is 0.407 e. The van der Waals surface area contributed by atoms with Crippen LogP contribution < -0.4 is 19.5 Å². The Morgan fingerprint density at radius 1 is 0.580 bits per heavy atom. The first kappa shape index (κ1) is 58.0. The van der Waals surface area contributed by atoms with Crippen LogP contribution in [0.1, 0.15) is 127 Å². The van der Waals surface area contributed by atoms with Crippen LogP contribution in [0.5, 0.6) is 17.2 Å². The molecule has 0 bridgehead atoms. The maximum Gasteiger partial charge on any atom is 0.407 e. The molecular formula is C70H55NO17. The van der Waals surface area contributed by atoms with Gasteiger partial charge in [-0.2, -0.15) is 0 Å². The SMILES string of the molecule is COc1cccc2c1C(=O)c1c(OC(=O)c3ccccc3)c3c(c(OC(=O)c4ccccc4)c1C2=O)C[C@@](O)(C(=O)COC(=O)c1ccccc1)C[C@@H]3O[C@H]1C[C@@H](NC(=O)OCC2c3ccccc3-c3ccccc32)[C@@H](OC(=O)c2ccccc2)[C@@H](C)O1. The first-order chi connectivity index (χ1) is 42.7. The highest BCUT2D eigenvalue weighted by Crippen LogP contribution is 2.54. The monoisotopic (exact) mass is 1180 g/mol.